The number of pyridine rings is 1. The van der Waals surface area contributed by atoms with Gasteiger partial charge in [0, 0.05) is 23.5 Å². The van der Waals surface area contributed by atoms with Crippen LogP contribution >= 0.6 is 0 Å². The van der Waals surface area contributed by atoms with Crippen LogP contribution < -0.4 is 5.32 Å². The van der Waals surface area contributed by atoms with Crippen molar-refractivity contribution >= 4 is 11.5 Å². The van der Waals surface area contributed by atoms with E-state index in [2.05, 4.69) is 78.7 Å². The molecule has 0 saturated heterocycles. The minimum atomic E-state index is 0.778. The average molecular weight is 340 g/mol. The number of aryl methyl sites for hydroxylation is 2. The molecule has 4 rings (SSSR count). The molecule has 0 aliphatic heterocycles. The summed E-state index contributed by atoms with van der Waals surface area (Å²) in [6.45, 7) is 4.16. The number of nitrogens with one attached hydrogen (secondary N) is 1. The van der Waals surface area contributed by atoms with Crippen molar-refractivity contribution in [2.24, 2.45) is 0 Å². The summed E-state index contributed by atoms with van der Waals surface area (Å²) in [5.74, 6) is 1.66. The third-order valence-corrected chi connectivity index (χ3v) is 4.25. The fourth-order valence-corrected chi connectivity index (χ4v) is 2.77. The van der Waals surface area contributed by atoms with E-state index < -0.39 is 0 Å². The summed E-state index contributed by atoms with van der Waals surface area (Å²) in [6.07, 6.45) is 1.78. The summed E-state index contributed by atoms with van der Waals surface area (Å²) in [7, 11) is 0. The van der Waals surface area contributed by atoms with Crippen molar-refractivity contribution in [3.63, 3.8) is 0 Å². The maximum Gasteiger partial charge on any atom is 0.155 e. The van der Waals surface area contributed by atoms with E-state index in [0.717, 1.165) is 28.6 Å². The van der Waals surface area contributed by atoms with E-state index in [4.69, 9.17) is 5.10 Å². The van der Waals surface area contributed by atoms with Crippen molar-refractivity contribution < 1.29 is 0 Å². The van der Waals surface area contributed by atoms with Gasteiger partial charge in [-0.25, -0.2) is 4.98 Å². The van der Waals surface area contributed by atoms with Gasteiger partial charge in [-0.05, 0) is 38.1 Å². The first kappa shape index (κ1) is 16.1. The SMILES string of the molecule is Cc1ccc(Nc2cc(-c3ccc(C)cc3)nn2-c2ccccn2)cc1. The van der Waals surface area contributed by atoms with Crippen LogP contribution in [-0.2, 0) is 0 Å². The van der Waals surface area contributed by atoms with Crippen LogP contribution in [0.4, 0.5) is 11.5 Å². The molecular weight excluding hydrogens is 320 g/mol. The molecule has 128 valence electrons. The van der Waals surface area contributed by atoms with Gasteiger partial charge in [0.2, 0.25) is 0 Å². The largest absolute Gasteiger partial charge is 0.340 e. The van der Waals surface area contributed by atoms with Crippen molar-refractivity contribution in [3.05, 3.63) is 90.1 Å². The maximum atomic E-state index is 4.79. The van der Waals surface area contributed by atoms with E-state index in [1.807, 2.05) is 22.9 Å². The van der Waals surface area contributed by atoms with E-state index in [-0.39, 0.29) is 0 Å². The minimum absolute atomic E-state index is 0.778. The number of rotatable bonds is 4. The summed E-state index contributed by atoms with van der Waals surface area (Å²) in [5.41, 5.74) is 5.47. The molecule has 0 radical (unpaired) electrons. The van der Waals surface area contributed by atoms with E-state index >= 15 is 0 Å². The molecule has 0 amide bonds. The lowest BCUT2D eigenvalue weighted by molar-refractivity contribution is 0.858. The Morgan fingerprint density at radius 2 is 1.50 bits per heavy atom. The second-order valence-electron chi connectivity index (χ2n) is 6.37. The van der Waals surface area contributed by atoms with Gasteiger partial charge in [0.25, 0.3) is 0 Å². The lowest BCUT2D eigenvalue weighted by Gasteiger charge is -2.09. The van der Waals surface area contributed by atoms with Gasteiger partial charge >= 0.3 is 0 Å². The van der Waals surface area contributed by atoms with Crippen LogP contribution in [0.1, 0.15) is 11.1 Å². The third kappa shape index (κ3) is 3.35. The van der Waals surface area contributed by atoms with Crippen molar-refractivity contribution in [2.75, 3.05) is 5.32 Å². The van der Waals surface area contributed by atoms with Gasteiger partial charge in [0.15, 0.2) is 5.82 Å². The van der Waals surface area contributed by atoms with Crippen LogP contribution in [0.25, 0.3) is 17.1 Å². The van der Waals surface area contributed by atoms with Gasteiger partial charge in [-0.1, -0.05) is 53.6 Å². The molecule has 0 aliphatic carbocycles. The van der Waals surface area contributed by atoms with E-state index in [0.29, 0.717) is 0 Å². The number of aromatic nitrogens is 3. The Labute approximate surface area is 153 Å². The molecule has 0 fully saturated rings. The molecule has 0 unspecified atom stereocenters. The normalized spacial score (nSPS) is 10.7. The van der Waals surface area contributed by atoms with Gasteiger partial charge in [-0.2, -0.15) is 9.78 Å². The average Bonchev–Trinajstić information content (AvgIpc) is 3.09. The highest BCUT2D eigenvalue weighted by atomic mass is 15.4. The molecule has 0 bridgehead atoms. The Hall–Kier alpha value is -3.40. The zero-order chi connectivity index (χ0) is 17.9. The highest BCUT2D eigenvalue weighted by molar-refractivity contribution is 5.68. The standard InChI is InChI=1S/C22H20N4/c1-16-6-10-18(11-7-16)20-15-22(24-19-12-8-17(2)9-13-19)26(25-20)21-5-3-4-14-23-21/h3-15,24H,1-2H3. The lowest BCUT2D eigenvalue weighted by atomic mass is 10.1. The van der Waals surface area contributed by atoms with Crippen molar-refractivity contribution in [3.8, 4) is 17.1 Å². The molecule has 1 N–H and O–H groups in total. The molecule has 4 nitrogen and oxygen atoms in total. The molecule has 0 saturated carbocycles. The molecule has 4 heteroatoms. The van der Waals surface area contributed by atoms with Crippen LogP contribution in [0.15, 0.2) is 79.0 Å². The van der Waals surface area contributed by atoms with Crippen molar-refractivity contribution in [1.82, 2.24) is 14.8 Å². The fraction of sp³-hybridized carbons (Fsp3) is 0.0909. The van der Waals surface area contributed by atoms with Crippen LogP contribution in [-0.4, -0.2) is 14.8 Å². The predicted octanol–water partition coefficient (Wildman–Crippen LogP) is 5.29. The molecule has 2 aromatic carbocycles. The minimum Gasteiger partial charge on any atom is -0.340 e. The highest BCUT2D eigenvalue weighted by Gasteiger charge is 2.12. The number of nitrogens with zero attached hydrogens (tertiary/aromatic N) is 3. The van der Waals surface area contributed by atoms with Gasteiger partial charge in [0.1, 0.15) is 5.82 Å². The number of hydrogen-bond donors (Lipinski definition) is 1. The predicted molar refractivity (Wildman–Crippen MR) is 106 cm³/mol. The Morgan fingerprint density at radius 3 is 2.15 bits per heavy atom. The third-order valence-electron chi connectivity index (χ3n) is 4.25. The second-order valence-corrected chi connectivity index (χ2v) is 6.37. The van der Waals surface area contributed by atoms with E-state index in [9.17, 15) is 0 Å². The Bertz CT molecular complexity index is 1000. The quantitative estimate of drug-likeness (QED) is 0.548. The number of anilines is 2. The summed E-state index contributed by atoms with van der Waals surface area (Å²) in [4.78, 5) is 4.45. The van der Waals surface area contributed by atoms with Crippen LogP contribution in [0, 0.1) is 13.8 Å². The van der Waals surface area contributed by atoms with Crippen molar-refractivity contribution in [2.45, 2.75) is 13.8 Å². The Balaban J connectivity index is 1.77. The first-order valence-corrected chi connectivity index (χ1v) is 8.61. The summed E-state index contributed by atoms with van der Waals surface area (Å²) in [5, 5.41) is 8.25. The van der Waals surface area contributed by atoms with Gasteiger partial charge in [0.05, 0.1) is 5.69 Å². The van der Waals surface area contributed by atoms with E-state index in [1.54, 1.807) is 6.20 Å². The first-order chi connectivity index (χ1) is 12.7. The molecule has 0 aliphatic rings. The first-order valence-electron chi connectivity index (χ1n) is 8.61. The van der Waals surface area contributed by atoms with Crippen LogP contribution in [0.3, 0.4) is 0 Å². The molecule has 2 heterocycles. The monoisotopic (exact) mass is 340 g/mol. The van der Waals surface area contributed by atoms with Crippen molar-refractivity contribution in [1.29, 1.82) is 0 Å². The Morgan fingerprint density at radius 1 is 0.808 bits per heavy atom. The Kier molecular flexibility index (Phi) is 4.23. The molecule has 26 heavy (non-hydrogen) atoms. The molecule has 2 aromatic heterocycles. The lowest BCUT2D eigenvalue weighted by Crippen LogP contribution is -2.04. The summed E-state index contributed by atoms with van der Waals surface area (Å²) < 4.78 is 1.84. The maximum absolute atomic E-state index is 4.79. The molecule has 0 spiro atoms. The molecule has 0 atom stereocenters. The summed E-state index contributed by atoms with van der Waals surface area (Å²) >= 11 is 0. The van der Waals surface area contributed by atoms with E-state index in [1.165, 1.54) is 11.1 Å². The zero-order valence-corrected chi connectivity index (χ0v) is 14.8. The summed E-state index contributed by atoms with van der Waals surface area (Å²) in [6, 6.07) is 24.6. The number of benzene rings is 2. The topological polar surface area (TPSA) is 42.7 Å². The van der Waals surface area contributed by atoms with Crippen LogP contribution in [0.5, 0.6) is 0 Å². The number of hydrogen-bond acceptors (Lipinski definition) is 3. The van der Waals surface area contributed by atoms with Gasteiger partial charge in [-0.3, -0.25) is 0 Å². The van der Waals surface area contributed by atoms with Crippen LogP contribution in [0.2, 0.25) is 0 Å². The smallest absolute Gasteiger partial charge is 0.155 e. The van der Waals surface area contributed by atoms with Gasteiger partial charge in [-0.15, -0.1) is 0 Å². The highest BCUT2D eigenvalue weighted by Crippen LogP contribution is 2.27. The fourth-order valence-electron chi connectivity index (χ4n) is 2.77. The molecule has 4 aromatic rings. The van der Waals surface area contributed by atoms with Gasteiger partial charge < -0.3 is 5.32 Å². The molecular formula is C22H20N4. The zero-order valence-electron chi connectivity index (χ0n) is 14.8. The second kappa shape index (κ2) is 6.84.